The second kappa shape index (κ2) is 12.2. The Morgan fingerprint density at radius 2 is 1.85 bits per heavy atom. The quantitative estimate of drug-likeness (QED) is 0.371. The summed E-state index contributed by atoms with van der Waals surface area (Å²) >= 11 is 2.29. The Labute approximate surface area is 237 Å². The molecule has 0 bridgehead atoms. The van der Waals surface area contributed by atoms with Crippen LogP contribution < -0.4 is 4.90 Å². The molecule has 2 aromatic heterocycles. The molecule has 1 saturated heterocycles. The van der Waals surface area contributed by atoms with Gasteiger partial charge in [-0.25, -0.2) is 18.2 Å². The number of thiazole rings is 1. The van der Waals surface area contributed by atoms with Gasteiger partial charge >= 0.3 is 5.97 Å². The Kier molecular flexibility index (Phi) is 9.10. The highest BCUT2D eigenvalue weighted by Crippen LogP contribution is 2.33. The summed E-state index contributed by atoms with van der Waals surface area (Å²) in [6, 6.07) is 11.9. The van der Waals surface area contributed by atoms with Crippen LogP contribution in [0.4, 0.5) is 5.13 Å². The summed E-state index contributed by atoms with van der Waals surface area (Å²) in [7, 11) is -3.94. The van der Waals surface area contributed by atoms with E-state index in [9.17, 15) is 23.1 Å². The van der Waals surface area contributed by atoms with Crippen LogP contribution in [-0.2, 0) is 27.8 Å². The molecule has 0 radical (unpaired) electrons. The summed E-state index contributed by atoms with van der Waals surface area (Å²) in [6.07, 6.45) is 1.71. The lowest BCUT2D eigenvalue weighted by Crippen LogP contribution is -2.61. The zero-order valence-electron chi connectivity index (χ0n) is 22.5. The van der Waals surface area contributed by atoms with E-state index >= 15 is 0 Å². The van der Waals surface area contributed by atoms with Gasteiger partial charge in [0, 0.05) is 37.1 Å². The third-order valence-corrected chi connectivity index (χ3v) is 11.4. The number of benzene rings is 1. The number of sulfonamides is 1. The zero-order valence-corrected chi connectivity index (χ0v) is 25.0. The van der Waals surface area contributed by atoms with E-state index in [0.29, 0.717) is 23.9 Å². The molecule has 1 aromatic carbocycles. The normalized spacial score (nSPS) is 16.5. The number of carbonyl (C=O) groups excluding carboxylic acids is 1. The van der Waals surface area contributed by atoms with Crippen LogP contribution in [0.2, 0.25) is 0 Å². The van der Waals surface area contributed by atoms with E-state index in [1.54, 1.807) is 17.9 Å². The molecule has 0 saturated carbocycles. The van der Waals surface area contributed by atoms with E-state index in [1.165, 1.54) is 15.6 Å². The number of rotatable bonds is 10. The molecule has 1 atom stereocenters. The van der Waals surface area contributed by atoms with Gasteiger partial charge in [0.15, 0.2) is 5.13 Å². The highest BCUT2D eigenvalue weighted by atomic mass is 32.2. The van der Waals surface area contributed by atoms with Crippen molar-refractivity contribution in [2.75, 3.05) is 24.5 Å². The van der Waals surface area contributed by atoms with Crippen LogP contribution in [0.15, 0.2) is 46.7 Å². The minimum atomic E-state index is -3.94. The second-order valence-corrected chi connectivity index (χ2v) is 14.1. The lowest BCUT2D eigenvalue weighted by atomic mass is 10.1. The average Bonchev–Trinajstić information content (AvgIpc) is 3.54. The molecule has 3 heterocycles. The number of hydrogen-bond donors (Lipinski definition) is 1. The fraction of sp³-hybridized carbons (Fsp3) is 0.444. The van der Waals surface area contributed by atoms with Gasteiger partial charge in [0.2, 0.25) is 5.91 Å². The molecule has 1 aliphatic heterocycles. The first-order chi connectivity index (χ1) is 18.5. The summed E-state index contributed by atoms with van der Waals surface area (Å²) in [4.78, 5) is 34.9. The Balaban J connectivity index is 1.70. The number of carboxylic acid groups (broad SMARTS) is 1. The van der Waals surface area contributed by atoms with Gasteiger partial charge < -0.3 is 14.9 Å². The van der Waals surface area contributed by atoms with Crippen molar-refractivity contribution < 1.29 is 23.1 Å². The molecule has 0 aliphatic carbocycles. The number of aryl methyl sites for hydroxylation is 2. The number of carbonyl (C=O) groups is 2. The number of aromatic nitrogens is 1. The van der Waals surface area contributed by atoms with Gasteiger partial charge in [-0.3, -0.25) is 4.79 Å². The first-order valence-electron chi connectivity index (χ1n) is 12.9. The smallest absolute Gasteiger partial charge is 0.347 e. The predicted molar refractivity (Wildman–Crippen MR) is 154 cm³/mol. The van der Waals surface area contributed by atoms with Crippen molar-refractivity contribution in [3.63, 3.8) is 0 Å². The van der Waals surface area contributed by atoms with E-state index in [0.717, 1.165) is 34.6 Å². The summed E-state index contributed by atoms with van der Waals surface area (Å²) < 4.78 is 29.4. The third kappa shape index (κ3) is 6.34. The molecule has 9 nitrogen and oxygen atoms in total. The average molecular weight is 591 g/mol. The molecule has 1 unspecified atom stereocenters. The monoisotopic (exact) mass is 590 g/mol. The molecule has 1 N–H and O–H groups in total. The van der Waals surface area contributed by atoms with E-state index in [-0.39, 0.29) is 34.1 Å². The van der Waals surface area contributed by atoms with Gasteiger partial charge in [-0.2, -0.15) is 4.31 Å². The number of anilines is 1. The fourth-order valence-electron chi connectivity index (χ4n) is 4.62. The van der Waals surface area contributed by atoms with Crippen LogP contribution in [0.25, 0.3) is 0 Å². The number of amides is 1. The Hall–Kier alpha value is -2.80. The third-order valence-electron chi connectivity index (χ3n) is 6.66. The summed E-state index contributed by atoms with van der Waals surface area (Å²) in [5, 5.41) is 9.98. The molecule has 1 amide bonds. The maximum atomic E-state index is 14.2. The van der Waals surface area contributed by atoms with Crippen molar-refractivity contribution in [3.05, 3.63) is 63.5 Å². The maximum absolute atomic E-state index is 14.2. The van der Waals surface area contributed by atoms with Gasteiger partial charge in [-0.1, -0.05) is 55.0 Å². The van der Waals surface area contributed by atoms with Gasteiger partial charge in [-0.15, -0.1) is 11.3 Å². The van der Waals surface area contributed by atoms with Gasteiger partial charge in [0.1, 0.15) is 15.1 Å². The van der Waals surface area contributed by atoms with Crippen LogP contribution in [0, 0.1) is 6.92 Å². The number of piperazine rings is 1. The highest BCUT2D eigenvalue weighted by molar-refractivity contribution is 7.91. The Morgan fingerprint density at radius 1 is 1.13 bits per heavy atom. The van der Waals surface area contributed by atoms with Gasteiger partial charge in [0.05, 0.1) is 5.69 Å². The van der Waals surface area contributed by atoms with Crippen LogP contribution in [0.3, 0.4) is 0 Å². The van der Waals surface area contributed by atoms with Crippen molar-refractivity contribution in [1.29, 1.82) is 0 Å². The Morgan fingerprint density at radius 3 is 2.46 bits per heavy atom. The molecule has 12 heteroatoms. The standard InChI is InChI=1S/C27H34N4O5S3/c1-5-9-21-12-13-23(37-21)39(35,36)31-15-14-29(27-28-19(4)24(38-27)26(33)34)17-22(31)25(32)30(18(2)3)16-20-10-7-6-8-11-20/h6-8,10-13,18,22H,5,9,14-17H2,1-4H3,(H,33,34). The highest BCUT2D eigenvalue weighted by Gasteiger charge is 2.43. The first kappa shape index (κ1) is 29.2. The van der Waals surface area contributed by atoms with Crippen molar-refractivity contribution >= 4 is 49.7 Å². The fourth-order valence-corrected chi connectivity index (χ4v) is 8.72. The molecule has 210 valence electrons. The molecular weight excluding hydrogens is 557 g/mol. The minimum Gasteiger partial charge on any atom is -0.477 e. The summed E-state index contributed by atoms with van der Waals surface area (Å²) in [6.45, 7) is 8.32. The van der Waals surface area contributed by atoms with E-state index in [4.69, 9.17) is 0 Å². The van der Waals surface area contributed by atoms with Crippen LogP contribution in [-0.4, -0.2) is 71.3 Å². The number of hydrogen-bond acceptors (Lipinski definition) is 8. The van der Waals surface area contributed by atoms with Crippen molar-refractivity contribution in [2.24, 2.45) is 0 Å². The minimum absolute atomic E-state index is 0.0786. The predicted octanol–water partition coefficient (Wildman–Crippen LogP) is 4.48. The van der Waals surface area contributed by atoms with Gasteiger partial charge in [0.25, 0.3) is 10.0 Å². The maximum Gasteiger partial charge on any atom is 0.347 e. The molecule has 0 spiro atoms. The van der Waals surface area contributed by atoms with Gasteiger partial charge in [-0.05, 0) is 44.9 Å². The van der Waals surface area contributed by atoms with Crippen molar-refractivity contribution in [3.8, 4) is 0 Å². The van der Waals surface area contributed by atoms with E-state index in [1.807, 2.05) is 62.1 Å². The van der Waals surface area contributed by atoms with Crippen molar-refractivity contribution in [2.45, 2.75) is 63.4 Å². The van der Waals surface area contributed by atoms with E-state index in [2.05, 4.69) is 4.98 Å². The summed E-state index contributed by atoms with van der Waals surface area (Å²) in [5.41, 5.74) is 1.35. The van der Waals surface area contributed by atoms with Crippen LogP contribution >= 0.6 is 22.7 Å². The molecule has 39 heavy (non-hydrogen) atoms. The lowest BCUT2D eigenvalue weighted by molar-refractivity contribution is -0.137. The Bertz CT molecular complexity index is 1420. The van der Waals surface area contributed by atoms with Crippen LogP contribution in [0.5, 0.6) is 0 Å². The number of thiophene rings is 1. The SMILES string of the molecule is CCCc1ccc(S(=O)(=O)N2CCN(c3nc(C)c(C(=O)O)s3)CC2C(=O)N(Cc2ccccc2)C(C)C)s1. The number of carboxylic acids is 1. The number of aromatic carboxylic acids is 1. The molecule has 3 aromatic rings. The number of nitrogens with zero attached hydrogens (tertiary/aromatic N) is 4. The second-order valence-electron chi connectivity index (χ2n) is 9.81. The first-order valence-corrected chi connectivity index (χ1v) is 16.0. The molecule has 1 aliphatic rings. The topological polar surface area (TPSA) is 111 Å². The van der Waals surface area contributed by atoms with E-state index < -0.39 is 22.0 Å². The van der Waals surface area contributed by atoms with Crippen molar-refractivity contribution in [1.82, 2.24) is 14.2 Å². The molecule has 4 rings (SSSR count). The zero-order chi connectivity index (χ0) is 28.3. The summed E-state index contributed by atoms with van der Waals surface area (Å²) in [5.74, 6) is -1.35. The largest absolute Gasteiger partial charge is 0.477 e. The van der Waals surface area contributed by atoms with Crippen LogP contribution in [0.1, 0.15) is 53.0 Å². The molecule has 1 fully saturated rings. The molecular formula is C27H34N4O5S3. The lowest BCUT2D eigenvalue weighted by Gasteiger charge is -2.42.